The van der Waals surface area contributed by atoms with Crippen LogP contribution >= 0.6 is 11.3 Å². The Morgan fingerprint density at radius 1 is 1.17 bits per heavy atom. The number of aliphatic hydroxyl groups is 1. The zero-order valence-electron chi connectivity index (χ0n) is 15.9. The van der Waals surface area contributed by atoms with Crippen LogP contribution in [-0.2, 0) is 11.2 Å². The van der Waals surface area contributed by atoms with Gasteiger partial charge in [-0.1, -0.05) is 24.3 Å². The van der Waals surface area contributed by atoms with E-state index in [1.54, 1.807) is 29.6 Å². The number of nitrogens with zero attached hydrogens (tertiary/aromatic N) is 1. The highest BCUT2D eigenvalue weighted by atomic mass is 32.1. The minimum absolute atomic E-state index is 0.0660. The second-order valence-electron chi connectivity index (χ2n) is 7.09. The van der Waals surface area contributed by atoms with Crippen LogP contribution in [0.15, 0.2) is 82.1 Å². The number of nitrogens with one attached hydrogen (secondary N) is 1. The van der Waals surface area contributed by atoms with E-state index in [0.29, 0.717) is 23.6 Å². The molecule has 1 aliphatic heterocycles. The molecule has 1 atom stereocenters. The first kappa shape index (κ1) is 18.4. The van der Waals surface area contributed by atoms with Gasteiger partial charge in [-0.15, -0.1) is 11.3 Å². The largest absolute Gasteiger partial charge is 0.503 e. The third-order valence-electron chi connectivity index (χ3n) is 5.40. The lowest BCUT2D eigenvalue weighted by atomic mass is 10.00. The van der Waals surface area contributed by atoms with Crippen molar-refractivity contribution in [2.75, 3.05) is 6.54 Å². The summed E-state index contributed by atoms with van der Waals surface area (Å²) in [6, 6.07) is 14.1. The minimum atomic E-state index is -0.757. The monoisotopic (exact) mass is 418 g/mol. The molecule has 0 fully saturated rings. The van der Waals surface area contributed by atoms with Crippen molar-refractivity contribution in [1.82, 2.24) is 9.88 Å². The fraction of sp³-hybridized carbons (Fsp3) is 0.130. The molecule has 6 nitrogen and oxygen atoms in total. The molecule has 0 saturated carbocycles. The van der Waals surface area contributed by atoms with Gasteiger partial charge in [-0.3, -0.25) is 9.59 Å². The van der Waals surface area contributed by atoms with Crippen molar-refractivity contribution in [3.63, 3.8) is 0 Å². The summed E-state index contributed by atoms with van der Waals surface area (Å²) in [7, 11) is 0. The van der Waals surface area contributed by atoms with E-state index < -0.39 is 17.7 Å². The molecule has 2 N–H and O–H groups in total. The van der Waals surface area contributed by atoms with Crippen molar-refractivity contribution >= 4 is 33.9 Å². The molecule has 0 bridgehead atoms. The lowest BCUT2D eigenvalue weighted by molar-refractivity contribution is -0.129. The predicted octanol–water partition coefficient (Wildman–Crippen LogP) is 4.64. The molecule has 1 aromatic carbocycles. The Hall–Kier alpha value is -3.58. The molecule has 0 spiro atoms. The molecule has 150 valence electrons. The summed E-state index contributed by atoms with van der Waals surface area (Å²) in [5.41, 5.74) is 2.16. The highest BCUT2D eigenvalue weighted by Gasteiger charge is 2.45. The first-order valence-electron chi connectivity index (χ1n) is 9.56. The number of Topliss-reactive ketones (excluding diaryl/α,β-unsaturated/α-hetero) is 1. The molecular weight excluding hydrogens is 400 g/mol. The molecule has 0 saturated heterocycles. The number of carbonyl (C=O) groups excluding carboxylic acids is 2. The van der Waals surface area contributed by atoms with Crippen molar-refractivity contribution in [2.45, 2.75) is 12.5 Å². The number of aromatic nitrogens is 1. The van der Waals surface area contributed by atoms with Crippen LogP contribution in [0.25, 0.3) is 10.9 Å². The number of ketones is 1. The maximum atomic E-state index is 13.1. The van der Waals surface area contributed by atoms with Gasteiger partial charge in [0, 0.05) is 23.6 Å². The van der Waals surface area contributed by atoms with Crippen LogP contribution in [0, 0.1) is 0 Å². The lowest BCUT2D eigenvalue weighted by Crippen LogP contribution is -2.32. The van der Waals surface area contributed by atoms with Crippen molar-refractivity contribution in [1.29, 1.82) is 0 Å². The van der Waals surface area contributed by atoms with Gasteiger partial charge >= 0.3 is 0 Å². The second kappa shape index (κ2) is 7.35. The zero-order valence-corrected chi connectivity index (χ0v) is 16.7. The number of benzene rings is 1. The smallest absolute Gasteiger partial charge is 0.290 e. The van der Waals surface area contributed by atoms with Gasteiger partial charge < -0.3 is 19.4 Å². The van der Waals surface area contributed by atoms with Gasteiger partial charge in [0.05, 0.1) is 16.7 Å². The van der Waals surface area contributed by atoms with E-state index in [1.807, 2.05) is 30.5 Å². The Morgan fingerprint density at radius 2 is 2.03 bits per heavy atom. The third-order valence-corrected chi connectivity index (χ3v) is 6.27. The maximum absolute atomic E-state index is 13.1. The summed E-state index contributed by atoms with van der Waals surface area (Å²) >= 11 is 1.28. The summed E-state index contributed by atoms with van der Waals surface area (Å²) in [5, 5.41) is 13.5. The summed E-state index contributed by atoms with van der Waals surface area (Å²) in [5.74, 6) is -0.969. The summed E-state index contributed by atoms with van der Waals surface area (Å²) < 4.78 is 5.56. The first-order chi connectivity index (χ1) is 14.6. The number of thiophene rings is 1. The van der Waals surface area contributed by atoms with Crippen LogP contribution in [0.5, 0.6) is 0 Å². The number of amides is 1. The standard InChI is InChI=1S/C23H18N2O4S/c26-21(18-8-4-12-30-18)19-20(17-7-3-11-29-17)25(23(28)22(19)27)10-9-14-13-24-16-6-2-1-5-15(14)16/h1-8,11-13,20,24,27H,9-10H2. The molecule has 3 aromatic heterocycles. The fourth-order valence-electron chi connectivity index (χ4n) is 3.98. The molecule has 0 radical (unpaired) electrons. The third kappa shape index (κ3) is 2.95. The Kier molecular flexibility index (Phi) is 4.52. The first-order valence-corrected chi connectivity index (χ1v) is 10.4. The SMILES string of the molecule is O=C(C1=C(O)C(=O)N(CCc2c[nH]c3ccccc23)C1c1ccco1)c1cccs1. The Labute approximate surface area is 176 Å². The van der Waals surface area contributed by atoms with E-state index in [9.17, 15) is 14.7 Å². The van der Waals surface area contributed by atoms with Gasteiger partial charge in [0.1, 0.15) is 11.8 Å². The van der Waals surface area contributed by atoms with Gasteiger partial charge in [-0.05, 0) is 41.6 Å². The minimum Gasteiger partial charge on any atom is -0.503 e. The van der Waals surface area contributed by atoms with E-state index in [4.69, 9.17) is 4.42 Å². The van der Waals surface area contributed by atoms with Crippen LogP contribution in [0.1, 0.15) is 27.0 Å². The number of furan rings is 1. The Balaban J connectivity index is 1.48. The van der Waals surface area contributed by atoms with Crippen molar-refractivity contribution in [3.8, 4) is 0 Å². The number of hydrogen-bond donors (Lipinski definition) is 2. The van der Waals surface area contributed by atoms with Gasteiger partial charge in [0.2, 0.25) is 5.78 Å². The number of rotatable bonds is 6. The van der Waals surface area contributed by atoms with E-state index in [-0.39, 0.29) is 11.4 Å². The molecule has 1 amide bonds. The van der Waals surface area contributed by atoms with Crippen LogP contribution in [0.2, 0.25) is 0 Å². The molecule has 4 heterocycles. The van der Waals surface area contributed by atoms with Gasteiger partial charge in [0.15, 0.2) is 5.76 Å². The highest BCUT2D eigenvalue weighted by Crippen LogP contribution is 2.39. The maximum Gasteiger partial charge on any atom is 0.290 e. The van der Waals surface area contributed by atoms with Crippen LogP contribution in [-0.4, -0.2) is 33.2 Å². The van der Waals surface area contributed by atoms with E-state index in [1.165, 1.54) is 22.5 Å². The van der Waals surface area contributed by atoms with Crippen molar-refractivity contribution in [3.05, 3.63) is 93.9 Å². The molecule has 5 rings (SSSR count). The van der Waals surface area contributed by atoms with Crippen LogP contribution < -0.4 is 0 Å². The van der Waals surface area contributed by atoms with Crippen LogP contribution in [0.3, 0.4) is 0 Å². The van der Waals surface area contributed by atoms with E-state index >= 15 is 0 Å². The van der Waals surface area contributed by atoms with Gasteiger partial charge in [-0.25, -0.2) is 0 Å². The normalized spacial score (nSPS) is 16.7. The number of hydrogen-bond acceptors (Lipinski definition) is 5. The van der Waals surface area contributed by atoms with E-state index in [2.05, 4.69) is 4.98 Å². The number of aliphatic hydroxyl groups excluding tert-OH is 1. The number of para-hydroxylation sites is 1. The molecule has 1 unspecified atom stereocenters. The fourth-order valence-corrected chi connectivity index (χ4v) is 4.66. The van der Waals surface area contributed by atoms with Crippen molar-refractivity contribution < 1.29 is 19.1 Å². The molecule has 0 aliphatic carbocycles. The number of carbonyl (C=O) groups is 2. The Bertz CT molecular complexity index is 1250. The number of fused-ring (bicyclic) bond motifs is 1. The predicted molar refractivity (Wildman–Crippen MR) is 113 cm³/mol. The zero-order chi connectivity index (χ0) is 20.7. The summed E-state index contributed by atoms with van der Waals surface area (Å²) in [6.07, 6.45) is 4.00. The quantitative estimate of drug-likeness (QED) is 0.447. The molecule has 7 heteroatoms. The van der Waals surface area contributed by atoms with E-state index in [0.717, 1.165) is 16.5 Å². The molecule has 1 aliphatic rings. The molecule has 4 aromatic rings. The highest BCUT2D eigenvalue weighted by molar-refractivity contribution is 7.12. The number of aromatic amines is 1. The van der Waals surface area contributed by atoms with Gasteiger partial charge in [0.25, 0.3) is 5.91 Å². The summed E-state index contributed by atoms with van der Waals surface area (Å²) in [4.78, 5) is 31.2. The van der Waals surface area contributed by atoms with Crippen LogP contribution in [0.4, 0.5) is 0 Å². The van der Waals surface area contributed by atoms with Gasteiger partial charge in [-0.2, -0.15) is 0 Å². The summed E-state index contributed by atoms with van der Waals surface area (Å²) in [6.45, 7) is 0.331. The molecule has 30 heavy (non-hydrogen) atoms. The lowest BCUT2D eigenvalue weighted by Gasteiger charge is -2.24. The molecular formula is C23H18N2O4S. The van der Waals surface area contributed by atoms with Crippen molar-refractivity contribution in [2.24, 2.45) is 0 Å². The average Bonchev–Trinajstić information content (AvgIpc) is 3.55. The average molecular weight is 418 g/mol. The second-order valence-corrected chi connectivity index (χ2v) is 8.04. The number of H-pyrrole nitrogens is 1. The topological polar surface area (TPSA) is 86.5 Å². The Morgan fingerprint density at radius 3 is 2.80 bits per heavy atom.